The van der Waals surface area contributed by atoms with Crippen molar-refractivity contribution in [3.8, 4) is 16.9 Å². The summed E-state index contributed by atoms with van der Waals surface area (Å²) in [5.41, 5.74) is -20.6. The molecule has 1 N–H and O–H groups in total. The van der Waals surface area contributed by atoms with Gasteiger partial charge in [0.05, 0.1) is 22.0 Å². The topological polar surface area (TPSA) is 106 Å². The largest absolute Gasteiger partial charge is 0.435 e. The molecule has 90 heavy (non-hydrogen) atoms. The van der Waals surface area contributed by atoms with Crippen LogP contribution in [0.3, 0.4) is 0 Å². The molecular formula is C58H61ClF21N5O5. The number of benzene rings is 4. The van der Waals surface area contributed by atoms with Crippen LogP contribution in [0.2, 0.25) is 5.02 Å². The van der Waals surface area contributed by atoms with Gasteiger partial charge in [0.2, 0.25) is 6.41 Å². The molecule has 0 bridgehead atoms. The van der Waals surface area contributed by atoms with Gasteiger partial charge in [0.25, 0.3) is 5.91 Å². The number of ketones is 2. The van der Waals surface area contributed by atoms with E-state index in [0.29, 0.717) is 48.6 Å². The van der Waals surface area contributed by atoms with E-state index < -0.39 is 82.3 Å². The average Bonchev–Trinajstić information content (AvgIpc) is 0.818. The fraction of sp³-hybridized carbons (Fsp3) is 0.483. The number of carbonyl (C=O) groups excluding carboxylic acids is 3. The summed E-state index contributed by atoms with van der Waals surface area (Å²) in [5, 5.41) is 7.43. The highest BCUT2D eigenvalue weighted by atomic mass is 35.5. The molecule has 1 aliphatic carbocycles. The molecule has 5 aromatic rings. The Labute approximate surface area is 507 Å². The van der Waals surface area contributed by atoms with Crippen molar-refractivity contribution < 1.29 is 116 Å². The van der Waals surface area contributed by atoms with E-state index in [2.05, 4.69) is 10.4 Å². The van der Waals surface area contributed by atoms with E-state index in [-0.39, 0.29) is 91.1 Å². The first kappa shape index (κ1) is 77.8. The Kier molecular flexibility index (Phi) is 24.7. The van der Waals surface area contributed by atoms with Crippen LogP contribution in [-0.2, 0) is 26.5 Å². The molecule has 1 amide bonds. The number of nitrogens with zero attached hydrogens (tertiary/aromatic N) is 4. The summed E-state index contributed by atoms with van der Waals surface area (Å²) in [5.74, 6) is -1.30. The predicted octanol–water partition coefficient (Wildman–Crippen LogP) is 16.6. The highest BCUT2D eigenvalue weighted by molar-refractivity contribution is 6.34. The number of halogens is 22. The number of Topliss-reactive ketones (excluding diaryl/α,β-unsaturated/α-hetero) is 2. The summed E-state index contributed by atoms with van der Waals surface area (Å²) in [6.07, 6.45) is -34.0. The fourth-order valence-electron chi connectivity index (χ4n) is 9.24. The Bertz CT molecular complexity index is 3230. The van der Waals surface area contributed by atoms with Crippen LogP contribution in [-0.4, -0.2) is 136 Å². The first-order valence-electron chi connectivity index (χ1n) is 26.1. The van der Waals surface area contributed by atoms with Crippen LogP contribution < -0.4 is 5.32 Å². The van der Waals surface area contributed by atoms with Gasteiger partial charge < -0.3 is 19.7 Å². The summed E-state index contributed by atoms with van der Waals surface area (Å²) >= 11 is 6.16. The van der Waals surface area contributed by atoms with Crippen LogP contribution in [0.4, 0.5) is 92.2 Å². The third-order valence-electron chi connectivity index (χ3n) is 13.6. The molecule has 4 aromatic carbocycles. The van der Waals surface area contributed by atoms with E-state index in [1.807, 2.05) is 19.0 Å². The first-order chi connectivity index (χ1) is 40.7. The zero-order chi connectivity index (χ0) is 69.8. The van der Waals surface area contributed by atoms with Crippen molar-refractivity contribution in [3.05, 3.63) is 139 Å². The summed E-state index contributed by atoms with van der Waals surface area (Å²) in [4.78, 5) is 39.5. The lowest BCUT2D eigenvalue weighted by Gasteiger charge is -2.31. The van der Waals surface area contributed by atoms with Crippen molar-refractivity contribution >= 4 is 29.1 Å². The zero-order valence-corrected chi connectivity index (χ0v) is 50.7. The number of ether oxygens (including phenoxy) is 2. The van der Waals surface area contributed by atoms with Crippen molar-refractivity contribution in [1.29, 1.82) is 0 Å². The second kappa shape index (κ2) is 28.6. The molecule has 1 aliphatic rings. The standard InChI is InChI=1S/C24H19ClF7N3O.C16H18F7NO.C13H11F7O.C5H13NO2/c1-12-9-14(22(26,23(27,28)29)24(30,31)32)10-13(2)20(12)19-7-8-35(34-19)16-5-6-18(25)17(11-16)21(36)33-15-3-4-15;1-9-7-11(14(17,15(18,19)20)16(21,22)23)8-10(2)13(9)12(25)5-6-24(3)4;1-6-4-9(5-7(2)10(6)8(3)21)11(14,12(15,16)17)13(18,19)20;1-6(2)5(7-3)8-4/h5-11,15H,3-4H2,1-2H3,(H,33,36);7-8H,5-6H2,1-4H3;4-5H,1-3H3;5H,1-4H3. The summed E-state index contributed by atoms with van der Waals surface area (Å²) in [6.45, 7) is 8.71. The zero-order valence-electron chi connectivity index (χ0n) is 50.0. The molecule has 0 spiro atoms. The maximum atomic E-state index is 14.6. The van der Waals surface area contributed by atoms with Gasteiger partial charge in [-0.1, -0.05) is 48.0 Å². The third-order valence-corrected chi connectivity index (χ3v) is 13.9. The lowest BCUT2D eigenvalue weighted by atomic mass is 9.87. The summed E-state index contributed by atoms with van der Waals surface area (Å²) < 4.78 is 286. The number of hydrogen-bond donors (Lipinski definition) is 1. The maximum Gasteiger partial charge on any atom is 0.435 e. The number of amides is 1. The van der Waals surface area contributed by atoms with Gasteiger partial charge in [-0.3, -0.25) is 19.3 Å². The van der Waals surface area contributed by atoms with Crippen molar-refractivity contribution in [3.63, 3.8) is 0 Å². The molecule has 10 nitrogen and oxygen atoms in total. The highest BCUT2D eigenvalue weighted by Gasteiger charge is 2.75. The van der Waals surface area contributed by atoms with E-state index in [1.165, 1.54) is 56.8 Å². The molecule has 0 atom stereocenters. The molecule has 0 saturated heterocycles. The van der Waals surface area contributed by atoms with Gasteiger partial charge in [-0.25, -0.2) is 17.9 Å². The van der Waals surface area contributed by atoms with Gasteiger partial charge in [-0.2, -0.15) is 84.1 Å². The smallest absolute Gasteiger partial charge is 0.349 e. The molecule has 6 rings (SSSR count). The molecule has 1 fully saturated rings. The lowest BCUT2D eigenvalue weighted by Crippen LogP contribution is -2.50. The normalized spacial score (nSPS) is 13.8. The predicted molar refractivity (Wildman–Crippen MR) is 289 cm³/mol. The number of aromatic nitrogens is 2. The van der Waals surface area contributed by atoms with Crippen LogP contribution in [0, 0.1) is 41.5 Å². The van der Waals surface area contributed by atoms with Crippen LogP contribution in [0.1, 0.15) is 107 Å². The number of aryl methyl sites for hydroxylation is 6. The third kappa shape index (κ3) is 17.2. The van der Waals surface area contributed by atoms with E-state index >= 15 is 0 Å². The molecule has 1 aromatic heterocycles. The number of alkyl halides is 21. The minimum absolute atomic E-state index is 0.0114. The quantitative estimate of drug-likeness (QED) is 0.0628. The maximum absolute atomic E-state index is 14.6. The Hall–Kier alpha value is -6.44. The first-order valence-corrected chi connectivity index (χ1v) is 26.5. The number of carbonyl (C=O) groups is 3. The van der Waals surface area contributed by atoms with E-state index in [9.17, 15) is 107 Å². The molecule has 0 unspecified atom stereocenters. The Balaban J connectivity index is 0.000000344. The van der Waals surface area contributed by atoms with Gasteiger partial charge in [0.1, 0.15) is 0 Å². The van der Waals surface area contributed by atoms with Crippen molar-refractivity contribution in [2.24, 2.45) is 0 Å². The highest BCUT2D eigenvalue weighted by Crippen LogP contribution is 2.56. The van der Waals surface area contributed by atoms with E-state index in [4.69, 9.17) is 21.1 Å². The van der Waals surface area contributed by atoms with Crippen LogP contribution in [0.25, 0.3) is 16.9 Å². The van der Waals surface area contributed by atoms with Crippen LogP contribution >= 0.6 is 11.6 Å². The van der Waals surface area contributed by atoms with E-state index in [1.54, 1.807) is 39.3 Å². The average molecular weight is 1340 g/mol. The summed E-state index contributed by atoms with van der Waals surface area (Å²) in [6, 6.07) is 9.01. The van der Waals surface area contributed by atoms with Crippen molar-refractivity contribution in [2.45, 2.75) is 134 Å². The Morgan fingerprint density at radius 1 is 0.567 bits per heavy atom. The number of rotatable bonds is 15. The molecule has 0 radical (unpaired) electrons. The lowest BCUT2D eigenvalue weighted by molar-refractivity contribution is -0.349. The number of hydrogen-bond acceptors (Lipinski definition) is 8. The Morgan fingerprint density at radius 3 is 1.22 bits per heavy atom. The second-order valence-corrected chi connectivity index (χ2v) is 21.7. The number of methoxy groups -OCH3 is 2. The van der Waals surface area contributed by atoms with E-state index in [0.717, 1.165) is 33.6 Å². The van der Waals surface area contributed by atoms with Crippen molar-refractivity contribution in [1.82, 2.24) is 24.9 Å². The second-order valence-electron chi connectivity index (χ2n) is 21.2. The van der Waals surface area contributed by atoms with Gasteiger partial charge >= 0.3 is 54.1 Å². The monoisotopic (exact) mass is 1340 g/mol. The molecule has 1 heterocycles. The van der Waals surface area contributed by atoms with Crippen LogP contribution in [0.15, 0.2) is 66.9 Å². The Morgan fingerprint density at radius 2 is 0.922 bits per heavy atom. The summed E-state index contributed by atoms with van der Waals surface area (Å²) in [7, 11) is 10.4. The minimum Gasteiger partial charge on any atom is -0.349 e. The molecular weight excluding hydrogens is 1280 g/mol. The van der Waals surface area contributed by atoms with Gasteiger partial charge in [-0.15, -0.1) is 0 Å². The van der Waals surface area contributed by atoms with Gasteiger partial charge in [0.15, 0.2) is 11.6 Å². The molecule has 32 heteroatoms. The SMILES string of the molecule is CC(=O)c1c(C)cc(C(F)(C(F)(F)F)C(F)(F)F)cc1C.COC(OC)N(C)C.Cc1cc(C(F)(C(F)(F)F)C(F)(F)F)cc(C)c1-c1ccn(-c2ccc(Cl)c(C(=O)NC3CC3)c2)n1.Cc1cc(C(F)(C(F)(F)F)C(F)(F)F)cc(C)c1C(=O)CCN(C)C. The van der Waals surface area contributed by atoms with Crippen LogP contribution in [0.5, 0.6) is 0 Å². The fourth-order valence-corrected chi connectivity index (χ4v) is 9.44. The molecule has 502 valence electrons. The van der Waals surface area contributed by atoms with Crippen molar-refractivity contribution in [2.75, 3.05) is 49.0 Å². The van der Waals surface area contributed by atoms with Gasteiger partial charge in [0, 0.05) is 72.8 Å². The molecule has 0 aliphatic heterocycles. The molecule has 1 saturated carbocycles. The van der Waals surface area contributed by atoms with Gasteiger partial charge in [-0.05, 0) is 147 Å². The number of nitrogens with one attached hydrogen (secondary N) is 1. The minimum atomic E-state index is -6.20.